The topological polar surface area (TPSA) is 101 Å². The minimum absolute atomic E-state index is 0.0122. The highest BCUT2D eigenvalue weighted by Crippen LogP contribution is 2.40. The fraction of sp³-hybridized carbons (Fsp3) is 0.286. The second-order valence-electron chi connectivity index (χ2n) is 2.68. The Morgan fingerprint density at radius 2 is 2.36 bits per heavy atom. The zero-order valence-corrected chi connectivity index (χ0v) is 7.67. The standard InChI is InChI=1S/C7H5N2O4S/c8-5(11)7-6(12)9-4(10)3(14-7)1-2-13-7/h1H,2H2,(H2,8,11). The lowest BCUT2D eigenvalue weighted by molar-refractivity contribution is -0.149. The normalized spacial score (nSPS) is 30.7. The number of fused-ring (bicyclic) bond motifs is 2. The lowest BCUT2D eigenvalue weighted by Crippen LogP contribution is -2.58. The summed E-state index contributed by atoms with van der Waals surface area (Å²) in [6, 6.07) is 0. The molecule has 6 nitrogen and oxygen atoms in total. The Kier molecular flexibility index (Phi) is 1.86. The van der Waals surface area contributed by atoms with Crippen LogP contribution < -0.4 is 11.1 Å². The summed E-state index contributed by atoms with van der Waals surface area (Å²) in [6.07, 6.45) is 1.46. The average Bonchev–Trinajstić information content (AvgIpc) is 2.15. The molecular formula is C7H5N2O4S. The highest BCUT2D eigenvalue weighted by molar-refractivity contribution is 8.06. The monoisotopic (exact) mass is 213 g/mol. The second kappa shape index (κ2) is 2.82. The van der Waals surface area contributed by atoms with Gasteiger partial charge in [-0.25, -0.2) is 0 Å². The molecular weight excluding hydrogens is 208 g/mol. The van der Waals surface area contributed by atoms with Gasteiger partial charge < -0.3 is 10.5 Å². The summed E-state index contributed by atoms with van der Waals surface area (Å²) in [4.78, 5) is 31.9. The third kappa shape index (κ3) is 1.06. The Hall–Kier alpha value is -1.34. The summed E-state index contributed by atoms with van der Waals surface area (Å²) >= 11 is 0.716. The summed E-state index contributed by atoms with van der Waals surface area (Å²) in [7, 11) is 0. The van der Waals surface area contributed by atoms with Crippen molar-refractivity contribution in [3.63, 3.8) is 0 Å². The largest absolute Gasteiger partial charge is 0.366 e. The number of hydrogen-bond donors (Lipinski definition) is 1. The highest BCUT2D eigenvalue weighted by atomic mass is 32.2. The van der Waals surface area contributed by atoms with E-state index in [2.05, 4.69) is 5.32 Å². The van der Waals surface area contributed by atoms with Gasteiger partial charge in [0, 0.05) is 0 Å². The van der Waals surface area contributed by atoms with E-state index in [0.717, 1.165) is 0 Å². The van der Waals surface area contributed by atoms with E-state index in [1.807, 2.05) is 0 Å². The van der Waals surface area contributed by atoms with E-state index < -0.39 is 22.7 Å². The van der Waals surface area contributed by atoms with Crippen molar-refractivity contribution >= 4 is 29.5 Å². The molecule has 1 radical (unpaired) electrons. The maximum Gasteiger partial charge on any atom is 0.302 e. The third-order valence-electron chi connectivity index (χ3n) is 1.83. The maximum absolute atomic E-state index is 11.3. The first kappa shape index (κ1) is 9.22. The molecule has 0 aromatic carbocycles. The maximum atomic E-state index is 11.3. The van der Waals surface area contributed by atoms with Crippen LogP contribution in [-0.4, -0.2) is 29.3 Å². The zero-order chi connectivity index (χ0) is 10.3. The Bertz CT molecular complexity index is 378. The summed E-state index contributed by atoms with van der Waals surface area (Å²) in [5.41, 5.74) is 5.04. The molecule has 73 valence electrons. The molecule has 1 fully saturated rings. The minimum Gasteiger partial charge on any atom is -0.366 e. The summed E-state index contributed by atoms with van der Waals surface area (Å²) < 4.78 is 4.97. The smallest absolute Gasteiger partial charge is 0.302 e. The first-order valence-corrected chi connectivity index (χ1v) is 4.51. The predicted octanol–water partition coefficient (Wildman–Crippen LogP) is -1.51. The molecule has 2 heterocycles. The van der Waals surface area contributed by atoms with Gasteiger partial charge in [0.2, 0.25) is 0 Å². The molecule has 2 aliphatic heterocycles. The van der Waals surface area contributed by atoms with Crippen molar-refractivity contribution in [1.29, 1.82) is 0 Å². The number of hydrogen-bond acceptors (Lipinski definition) is 5. The minimum atomic E-state index is -1.82. The average molecular weight is 213 g/mol. The molecule has 1 unspecified atom stereocenters. The van der Waals surface area contributed by atoms with Crippen LogP contribution in [0.25, 0.3) is 0 Å². The van der Waals surface area contributed by atoms with Gasteiger partial charge in [-0.05, 0) is 6.08 Å². The number of amides is 3. The van der Waals surface area contributed by atoms with Gasteiger partial charge in [0.1, 0.15) is 0 Å². The van der Waals surface area contributed by atoms with E-state index in [0.29, 0.717) is 11.8 Å². The van der Waals surface area contributed by atoms with Crippen molar-refractivity contribution in [2.24, 2.45) is 5.73 Å². The van der Waals surface area contributed by atoms with E-state index in [1.54, 1.807) is 0 Å². The van der Waals surface area contributed by atoms with E-state index in [9.17, 15) is 14.4 Å². The van der Waals surface area contributed by atoms with Crippen LogP contribution in [0.1, 0.15) is 0 Å². The molecule has 2 bridgehead atoms. The Morgan fingerprint density at radius 1 is 1.64 bits per heavy atom. The molecule has 7 heteroatoms. The van der Waals surface area contributed by atoms with Gasteiger partial charge >= 0.3 is 5.91 Å². The number of carbonyl (C=O) groups excluding carboxylic acids is 3. The number of carbonyl (C=O) groups is 3. The van der Waals surface area contributed by atoms with E-state index in [-0.39, 0.29) is 11.5 Å². The molecule has 0 aliphatic carbocycles. The van der Waals surface area contributed by atoms with Gasteiger partial charge in [-0.1, -0.05) is 11.8 Å². The van der Waals surface area contributed by atoms with Gasteiger partial charge in [-0.2, -0.15) is 5.32 Å². The van der Waals surface area contributed by atoms with Crippen molar-refractivity contribution in [3.05, 3.63) is 11.0 Å². The Labute approximate surface area is 82.8 Å². The lowest BCUT2D eigenvalue weighted by Gasteiger charge is -2.33. The molecule has 0 saturated carbocycles. The molecule has 0 aromatic rings. The number of rotatable bonds is 1. The van der Waals surface area contributed by atoms with E-state index >= 15 is 0 Å². The molecule has 3 amide bonds. The fourth-order valence-electron chi connectivity index (χ4n) is 1.14. The van der Waals surface area contributed by atoms with E-state index in [4.69, 9.17) is 10.5 Å². The van der Waals surface area contributed by atoms with Crippen molar-refractivity contribution in [3.8, 4) is 0 Å². The van der Waals surface area contributed by atoms with Crippen LogP contribution in [0.2, 0.25) is 0 Å². The molecule has 0 aromatic heterocycles. The number of nitrogens with two attached hydrogens (primary N) is 1. The molecule has 0 spiro atoms. The number of nitrogens with zero attached hydrogens (tertiary/aromatic N) is 1. The molecule has 1 atom stereocenters. The van der Waals surface area contributed by atoms with Crippen molar-refractivity contribution in [1.82, 2.24) is 5.32 Å². The molecule has 2 rings (SSSR count). The van der Waals surface area contributed by atoms with Crippen LogP contribution in [0.3, 0.4) is 0 Å². The van der Waals surface area contributed by atoms with Gasteiger partial charge in [0.05, 0.1) is 11.5 Å². The van der Waals surface area contributed by atoms with Crippen LogP contribution in [0.15, 0.2) is 11.0 Å². The molecule has 1 saturated heterocycles. The molecule has 2 N–H and O–H groups in total. The number of thioether (sulfide) groups is 1. The van der Waals surface area contributed by atoms with Gasteiger partial charge in [0.25, 0.3) is 16.7 Å². The summed E-state index contributed by atoms with van der Waals surface area (Å²) in [5.74, 6) is -2.51. The van der Waals surface area contributed by atoms with E-state index in [1.165, 1.54) is 6.08 Å². The van der Waals surface area contributed by atoms with Crippen LogP contribution in [0, 0.1) is 0 Å². The quantitative estimate of drug-likeness (QED) is 0.421. The van der Waals surface area contributed by atoms with Gasteiger partial charge in [-0.3, -0.25) is 14.4 Å². The molecule has 2 aliphatic rings. The third-order valence-corrected chi connectivity index (χ3v) is 3.17. The number of ether oxygens (including phenoxy) is 1. The Morgan fingerprint density at radius 3 is 3.00 bits per heavy atom. The van der Waals surface area contributed by atoms with Crippen LogP contribution in [0.4, 0.5) is 0 Å². The SMILES string of the molecule is NC(=O)C12OCC=C(S1)C(=O)[N]C2=O. The van der Waals surface area contributed by atoms with Crippen LogP contribution >= 0.6 is 11.8 Å². The zero-order valence-electron chi connectivity index (χ0n) is 6.85. The second-order valence-corrected chi connectivity index (χ2v) is 3.90. The van der Waals surface area contributed by atoms with Gasteiger partial charge in [0.15, 0.2) is 0 Å². The predicted molar refractivity (Wildman–Crippen MR) is 45.7 cm³/mol. The number of imide groups is 1. The molecule has 14 heavy (non-hydrogen) atoms. The fourth-order valence-corrected chi connectivity index (χ4v) is 2.10. The summed E-state index contributed by atoms with van der Waals surface area (Å²) in [5, 5.41) is 3.17. The summed E-state index contributed by atoms with van der Waals surface area (Å²) in [6.45, 7) is 0.0122. The highest BCUT2D eigenvalue weighted by Gasteiger charge is 2.55. The van der Waals surface area contributed by atoms with Crippen molar-refractivity contribution in [2.45, 2.75) is 4.93 Å². The van der Waals surface area contributed by atoms with Gasteiger partial charge in [-0.15, -0.1) is 0 Å². The first-order valence-electron chi connectivity index (χ1n) is 3.70. The van der Waals surface area contributed by atoms with Crippen LogP contribution in [-0.2, 0) is 19.1 Å². The van der Waals surface area contributed by atoms with Crippen LogP contribution in [0.5, 0.6) is 0 Å². The lowest BCUT2D eigenvalue weighted by atomic mass is 10.2. The number of primary amides is 1. The van der Waals surface area contributed by atoms with Crippen molar-refractivity contribution < 1.29 is 19.1 Å². The first-order chi connectivity index (χ1) is 6.56. The Balaban J connectivity index is 2.46. The van der Waals surface area contributed by atoms with Crippen molar-refractivity contribution in [2.75, 3.05) is 6.61 Å².